The highest BCUT2D eigenvalue weighted by atomic mass is 35.5. The largest absolute Gasteiger partial charge is 0.332 e. The molecule has 0 saturated carbocycles. The Morgan fingerprint density at radius 2 is 1.64 bits per heavy atom. The Labute approximate surface area is 157 Å². The first-order valence-corrected chi connectivity index (χ1v) is 8.53. The van der Waals surface area contributed by atoms with Gasteiger partial charge in [-0.3, -0.25) is 9.59 Å². The first-order valence-electron chi connectivity index (χ1n) is 7.77. The molecule has 2 rings (SSSR count). The van der Waals surface area contributed by atoms with Gasteiger partial charge in [-0.25, -0.2) is 0 Å². The molecule has 0 saturated heterocycles. The minimum Gasteiger partial charge on any atom is -0.332 e. The standard InChI is InChI=1S/C19H20Cl2N2O2/c1-11-7-12(2)18(13(3)8-11)22-17(24)10-23(4)19(25)15-6-5-14(20)9-16(15)21/h5-9H,10H2,1-4H3,(H,22,24). The molecule has 1 N–H and O–H groups in total. The fourth-order valence-corrected chi connectivity index (χ4v) is 3.20. The maximum Gasteiger partial charge on any atom is 0.255 e. The van der Waals surface area contributed by atoms with Crippen LogP contribution in [0.25, 0.3) is 0 Å². The van der Waals surface area contributed by atoms with E-state index < -0.39 is 0 Å². The number of rotatable bonds is 4. The van der Waals surface area contributed by atoms with Gasteiger partial charge in [-0.15, -0.1) is 0 Å². The average molecular weight is 379 g/mol. The number of carbonyl (C=O) groups excluding carboxylic acids is 2. The lowest BCUT2D eigenvalue weighted by molar-refractivity contribution is -0.116. The fraction of sp³-hybridized carbons (Fsp3) is 0.263. The maximum atomic E-state index is 12.5. The first-order chi connectivity index (χ1) is 11.7. The summed E-state index contributed by atoms with van der Waals surface area (Å²) in [5.41, 5.74) is 4.20. The van der Waals surface area contributed by atoms with E-state index in [9.17, 15) is 9.59 Å². The number of hydrogen-bond donors (Lipinski definition) is 1. The van der Waals surface area contributed by atoms with Crippen molar-refractivity contribution in [1.29, 1.82) is 0 Å². The first kappa shape index (κ1) is 19.3. The minimum absolute atomic E-state index is 0.0788. The van der Waals surface area contributed by atoms with Crippen molar-refractivity contribution < 1.29 is 9.59 Å². The Morgan fingerprint density at radius 1 is 1.04 bits per heavy atom. The molecule has 0 aliphatic carbocycles. The third-order valence-corrected chi connectivity index (χ3v) is 4.38. The number of nitrogens with zero attached hydrogens (tertiary/aromatic N) is 1. The molecule has 25 heavy (non-hydrogen) atoms. The lowest BCUT2D eigenvalue weighted by Gasteiger charge is -2.19. The van der Waals surface area contributed by atoms with Crippen molar-refractivity contribution in [2.45, 2.75) is 20.8 Å². The highest BCUT2D eigenvalue weighted by Gasteiger charge is 2.18. The van der Waals surface area contributed by atoms with Crippen LogP contribution in [-0.4, -0.2) is 30.3 Å². The van der Waals surface area contributed by atoms with Gasteiger partial charge in [0, 0.05) is 17.8 Å². The zero-order valence-electron chi connectivity index (χ0n) is 14.6. The summed E-state index contributed by atoms with van der Waals surface area (Å²) in [4.78, 5) is 26.1. The second-order valence-corrected chi connectivity index (χ2v) is 6.95. The Morgan fingerprint density at radius 3 is 2.20 bits per heavy atom. The average Bonchev–Trinajstić information content (AvgIpc) is 2.50. The molecule has 0 spiro atoms. The van der Waals surface area contributed by atoms with Gasteiger partial charge in [-0.05, 0) is 50.1 Å². The zero-order valence-corrected chi connectivity index (χ0v) is 16.1. The van der Waals surface area contributed by atoms with Crippen LogP contribution in [0.1, 0.15) is 27.0 Å². The summed E-state index contributed by atoms with van der Waals surface area (Å²) in [6.07, 6.45) is 0. The summed E-state index contributed by atoms with van der Waals surface area (Å²) in [5.74, 6) is -0.606. The van der Waals surface area contributed by atoms with Crippen LogP contribution in [0.4, 0.5) is 5.69 Å². The van der Waals surface area contributed by atoms with Gasteiger partial charge in [0.15, 0.2) is 0 Å². The summed E-state index contributed by atoms with van der Waals surface area (Å²) in [6, 6.07) is 8.66. The molecular weight excluding hydrogens is 359 g/mol. The van der Waals surface area contributed by atoms with E-state index in [0.717, 1.165) is 22.4 Å². The van der Waals surface area contributed by atoms with E-state index in [1.807, 2.05) is 32.9 Å². The van der Waals surface area contributed by atoms with Crippen molar-refractivity contribution >= 4 is 40.7 Å². The van der Waals surface area contributed by atoms with Crippen LogP contribution < -0.4 is 5.32 Å². The minimum atomic E-state index is -0.339. The molecule has 0 unspecified atom stereocenters. The van der Waals surface area contributed by atoms with Crippen molar-refractivity contribution in [3.05, 3.63) is 62.6 Å². The Balaban J connectivity index is 2.09. The van der Waals surface area contributed by atoms with Gasteiger partial charge in [0.2, 0.25) is 5.91 Å². The summed E-state index contributed by atoms with van der Waals surface area (Å²) < 4.78 is 0. The van der Waals surface area contributed by atoms with E-state index in [2.05, 4.69) is 5.32 Å². The van der Waals surface area contributed by atoms with Crippen molar-refractivity contribution in [3.63, 3.8) is 0 Å². The van der Waals surface area contributed by atoms with Gasteiger partial charge < -0.3 is 10.2 Å². The molecular formula is C19H20Cl2N2O2. The van der Waals surface area contributed by atoms with Crippen molar-refractivity contribution in [2.75, 3.05) is 18.9 Å². The highest BCUT2D eigenvalue weighted by Crippen LogP contribution is 2.23. The third-order valence-electron chi connectivity index (χ3n) is 3.83. The topological polar surface area (TPSA) is 49.4 Å². The van der Waals surface area contributed by atoms with Gasteiger partial charge in [0.25, 0.3) is 5.91 Å². The van der Waals surface area contributed by atoms with E-state index >= 15 is 0 Å². The number of carbonyl (C=O) groups is 2. The second-order valence-electron chi connectivity index (χ2n) is 6.11. The van der Waals surface area contributed by atoms with Crippen LogP contribution in [-0.2, 0) is 4.79 Å². The number of nitrogens with one attached hydrogen (secondary N) is 1. The van der Waals surface area contributed by atoms with E-state index in [1.54, 1.807) is 19.2 Å². The Kier molecular flexibility index (Phi) is 6.09. The lowest BCUT2D eigenvalue weighted by atomic mass is 10.1. The number of hydrogen-bond acceptors (Lipinski definition) is 2. The predicted molar refractivity (Wildman–Crippen MR) is 103 cm³/mol. The summed E-state index contributed by atoms with van der Waals surface area (Å²) >= 11 is 11.9. The van der Waals surface area contributed by atoms with Crippen molar-refractivity contribution in [3.8, 4) is 0 Å². The zero-order chi connectivity index (χ0) is 18.7. The molecule has 0 radical (unpaired) electrons. The Bertz CT molecular complexity index is 811. The molecule has 2 aromatic carbocycles. The van der Waals surface area contributed by atoms with E-state index in [4.69, 9.17) is 23.2 Å². The summed E-state index contributed by atoms with van der Waals surface area (Å²) in [6.45, 7) is 5.81. The number of halogens is 2. The second kappa shape index (κ2) is 7.89. The molecule has 0 atom stereocenters. The van der Waals surface area contributed by atoms with E-state index in [0.29, 0.717) is 10.6 Å². The SMILES string of the molecule is Cc1cc(C)c(NC(=O)CN(C)C(=O)c2ccc(Cl)cc2Cl)c(C)c1. The van der Waals surface area contributed by atoms with Gasteiger partial charge in [0.1, 0.15) is 0 Å². The molecule has 4 nitrogen and oxygen atoms in total. The fourth-order valence-electron chi connectivity index (χ4n) is 2.71. The summed E-state index contributed by atoms with van der Waals surface area (Å²) in [5, 5.41) is 3.59. The van der Waals surface area contributed by atoms with Crippen LogP contribution in [0.15, 0.2) is 30.3 Å². The smallest absolute Gasteiger partial charge is 0.255 e. The quantitative estimate of drug-likeness (QED) is 0.842. The molecule has 2 aromatic rings. The molecule has 132 valence electrons. The molecule has 0 aromatic heterocycles. The van der Waals surface area contributed by atoms with Crippen molar-refractivity contribution in [1.82, 2.24) is 4.90 Å². The van der Waals surface area contributed by atoms with E-state index in [1.165, 1.54) is 11.0 Å². The van der Waals surface area contributed by atoms with Gasteiger partial charge in [0.05, 0.1) is 17.1 Å². The van der Waals surface area contributed by atoms with Gasteiger partial charge in [-0.2, -0.15) is 0 Å². The van der Waals surface area contributed by atoms with Crippen LogP contribution in [0.5, 0.6) is 0 Å². The van der Waals surface area contributed by atoms with Gasteiger partial charge >= 0.3 is 0 Å². The van der Waals surface area contributed by atoms with Crippen LogP contribution >= 0.6 is 23.2 Å². The van der Waals surface area contributed by atoms with E-state index in [-0.39, 0.29) is 23.4 Å². The summed E-state index contributed by atoms with van der Waals surface area (Å²) in [7, 11) is 1.56. The molecule has 0 aliphatic heterocycles. The molecule has 0 fully saturated rings. The monoisotopic (exact) mass is 378 g/mol. The number of aryl methyl sites for hydroxylation is 3. The number of anilines is 1. The number of benzene rings is 2. The van der Waals surface area contributed by atoms with Gasteiger partial charge in [-0.1, -0.05) is 40.9 Å². The normalized spacial score (nSPS) is 10.5. The van der Waals surface area contributed by atoms with Crippen LogP contribution in [0, 0.1) is 20.8 Å². The van der Waals surface area contributed by atoms with Crippen molar-refractivity contribution in [2.24, 2.45) is 0 Å². The number of amides is 2. The molecule has 6 heteroatoms. The molecule has 2 amide bonds. The lowest BCUT2D eigenvalue weighted by Crippen LogP contribution is -2.35. The molecule has 0 bridgehead atoms. The molecule has 0 heterocycles. The number of likely N-dealkylation sites (N-methyl/N-ethyl adjacent to an activating group) is 1. The highest BCUT2D eigenvalue weighted by molar-refractivity contribution is 6.36. The third kappa shape index (κ3) is 4.74. The maximum absolute atomic E-state index is 12.5. The molecule has 0 aliphatic rings. The van der Waals surface area contributed by atoms with Crippen LogP contribution in [0.2, 0.25) is 10.0 Å². The van der Waals surface area contributed by atoms with Crippen LogP contribution in [0.3, 0.4) is 0 Å². The predicted octanol–water partition coefficient (Wildman–Crippen LogP) is 4.63. The Hall–Kier alpha value is -2.04.